The molecule has 0 N–H and O–H groups in total. The predicted octanol–water partition coefficient (Wildman–Crippen LogP) is 9.17. The van der Waals surface area contributed by atoms with E-state index in [4.69, 9.17) is 0 Å². The summed E-state index contributed by atoms with van der Waals surface area (Å²) in [6.45, 7) is 12.2. The summed E-state index contributed by atoms with van der Waals surface area (Å²) in [4.78, 5) is 0. The Bertz CT molecular complexity index is 1230. The zero-order valence-electron chi connectivity index (χ0n) is 21.9. The fourth-order valence-corrected chi connectivity index (χ4v) is 15.9. The first-order valence-corrected chi connectivity index (χ1v) is 16.7. The third-order valence-corrected chi connectivity index (χ3v) is 17.7. The molecular formula is C34H37Zr. The molecule has 3 aliphatic rings. The molecule has 0 nitrogen and oxygen atoms in total. The molecule has 3 aliphatic carbocycles. The van der Waals surface area contributed by atoms with Crippen LogP contribution in [0.25, 0.3) is 0 Å². The standard InChI is InChI=1S/2C12H11.C10H15.Zr/c2*1-2-6-11(7-3-1)10-12-8-4-5-9-12;1-7-6-10(4,5)9(3)8(7)2;/h2*1-4,6-8H,5,10H2;1-5H3;. The molecule has 0 fully saturated rings. The van der Waals surface area contributed by atoms with Crippen LogP contribution in [0.15, 0.2) is 123 Å². The Labute approximate surface area is 220 Å². The van der Waals surface area contributed by atoms with Crippen molar-refractivity contribution >= 4 is 0 Å². The molecule has 0 bridgehead atoms. The summed E-state index contributed by atoms with van der Waals surface area (Å²) in [6, 6.07) is 22.1. The molecule has 35 heavy (non-hydrogen) atoms. The second-order valence-corrected chi connectivity index (χ2v) is 16.8. The van der Waals surface area contributed by atoms with Crippen molar-refractivity contribution in [2.45, 2.75) is 60.3 Å². The summed E-state index contributed by atoms with van der Waals surface area (Å²) in [5.41, 5.74) is 10.9. The van der Waals surface area contributed by atoms with E-state index >= 15 is 0 Å². The summed E-state index contributed by atoms with van der Waals surface area (Å²) in [5, 5.41) is 0. The molecule has 0 heterocycles. The van der Waals surface area contributed by atoms with Gasteiger partial charge in [0.05, 0.1) is 0 Å². The van der Waals surface area contributed by atoms with E-state index in [0.29, 0.717) is 0 Å². The van der Waals surface area contributed by atoms with E-state index in [9.17, 15) is 0 Å². The molecule has 0 saturated heterocycles. The maximum absolute atomic E-state index is 2.50. The van der Waals surface area contributed by atoms with Crippen LogP contribution in [0.5, 0.6) is 0 Å². The van der Waals surface area contributed by atoms with Crippen LogP contribution in [0, 0.1) is 5.41 Å². The quantitative estimate of drug-likeness (QED) is 0.331. The minimum atomic E-state index is -2.38. The molecular weight excluding hydrogens is 500 g/mol. The first kappa shape index (κ1) is 24.5. The van der Waals surface area contributed by atoms with Gasteiger partial charge in [0.25, 0.3) is 0 Å². The van der Waals surface area contributed by atoms with E-state index < -0.39 is 21.8 Å². The SMILES string of the molecule is CC1=C(C)C(C)(C)[C]([Zr]([C]2=C(Cc3ccccc3)C=CC2)[C]2=C(Cc3ccccc3)C=CC2)=C1C. The zero-order valence-corrected chi connectivity index (χ0v) is 24.4. The molecule has 177 valence electrons. The third-order valence-electron chi connectivity index (χ3n) is 8.45. The fourth-order valence-electron chi connectivity index (χ4n) is 6.17. The van der Waals surface area contributed by atoms with Gasteiger partial charge in [0.15, 0.2) is 0 Å². The summed E-state index contributed by atoms with van der Waals surface area (Å²) >= 11 is -2.38. The van der Waals surface area contributed by atoms with Crippen molar-refractivity contribution < 1.29 is 21.8 Å². The first-order valence-electron chi connectivity index (χ1n) is 13.0. The van der Waals surface area contributed by atoms with Crippen molar-refractivity contribution in [1.29, 1.82) is 0 Å². The minimum absolute atomic E-state index is 0.157. The Morgan fingerprint density at radius 1 is 0.657 bits per heavy atom. The van der Waals surface area contributed by atoms with Crippen molar-refractivity contribution in [1.82, 2.24) is 0 Å². The van der Waals surface area contributed by atoms with Gasteiger partial charge >= 0.3 is 221 Å². The summed E-state index contributed by atoms with van der Waals surface area (Å²) in [5.74, 6) is 0. The fraction of sp³-hybridized carbons (Fsp3) is 0.294. The van der Waals surface area contributed by atoms with Crippen LogP contribution < -0.4 is 0 Å². The van der Waals surface area contributed by atoms with Crippen LogP contribution >= 0.6 is 0 Å². The topological polar surface area (TPSA) is 0 Å². The van der Waals surface area contributed by atoms with Crippen LogP contribution in [0.1, 0.15) is 58.6 Å². The summed E-state index contributed by atoms with van der Waals surface area (Å²) < 4.78 is 5.44. The zero-order chi connectivity index (χ0) is 24.6. The second-order valence-electron chi connectivity index (χ2n) is 10.8. The Morgan fingerprint density at radius 2 is 1.11 bits per heavy atom. The third kappa shape index (κ3) is 4.65. The van der Waals surface area contributed by atoms with Gasteiger partial charge in [0.1, 0.15) is 0 Å². The number of allylic oxidation sites excluding steroid dienone is 12. The van der Waals surface area contributed by atoms with E-state index in [1.165, 1.54) is 16.7 Å². The van der Waals surface area contributed by atoms with Gasteiger partial charge in [-0.3, -0.25) is 0 Å². The average Bonchev–Trinajstić information content (AvgIpc) is 3.54. The molecule has 0 unspecified atom stereocenters. The van der Waals surface area contributed by atoms with Gasteiger partial charge < -0.3 is 0 Å². The van der Waals surface area contributed by atoms with Crippen molar-refractivity contribution in [2.75, 3.05) is 0 Å². The van der Waals surface area contributed by atoms with Crippen molar-refractivity contribution in [3.63, 3.8) is 0 Å². The average molecular weight is 537 g/mol. The number of rotatable bonds is 7. The van der Waals surface area contributed by atoms with E-state index in [1.807, 2.05) is 9.84 Å². The van der Waals surface area contributed by atoms with Gasteiger partial charge in [0, 0.05) is 0 Å². The van der Waals surface area contributed by atoms with Crippen LogP contribution in [0.3, 0.4) is 0 Å². The van der Waals surface area contributed by atoms with E-state index in [0.717, 1.165) is 25.7 Å². The molecule has 1 heteroatoms. The van der Waals surface area contributed by atoms with E-state index in [-0.39, 0.29) is 5.41 Å². The number of hydrogen-bond acceptors (Lipinski definition) is 0. The molecule has 2 aromatic carbocycles. The van der Waals surface area contributed by atoms with Crippen molar-refractivity contribution in [3.05, 3.63) is 134 Å². The monoisotopic (exact) mass is 535 g/mol. The molecule has 0 radical (unpaired) electrons. The Kier molecular flexibility index (Phi) is 7.00. The van der Waals surface area contributed by atoms with Gasteiger partial charge in [-0.25, -0.2) is 0 Å². The van der Waals surface area contributed by atoms with E-state index in [1.54, 1.807) is 22.3 Å². The van der Waals surface area contributed by atoms with Crippen LogP contribution in [-0.2, 0) is 34.6 Å². The summed E-state index contributed by atoms with van der Waals surface area (Å²) in [7, 11) is 0. The normalized spacial score (nSPS) is 19.1. The maximum atomic E-state index is 2.50. The number of benzene rings is 2. The van der Waals surface area contributed by atoms with Gasteiger partial charge in [0.2, 0.25) is 0 Å². The van der Waals surface area contributed by atoms with Crippen molar-refractivity contribution in [3.8, 4) is 0 Å². The van der Waals surface area contributed by atoms with Crippen LogP contribution in [0.4, 0.5) is 0 Å². The van der Waals surface area contributed by atoms with Gasteiger partial charge in [-0.2, -0.15) is 0 Å². The van der Waals surface area contributed by atoms with Gasteiger partial charge in [-0.15, -0.1) is 0 Å². The molecule has 0 saturated carbocycles. The second kappa shape index (κ2) is 10.0. The van der Waals surface area contributed by atoms with Crippen LogP contribution in [-0.4, -0.2) is 0 Å². The summed E-state index contributed by atoms with van der Waals surface area (Å²) in [6.07, 6.45) is 14.2. The Balaban J connectivity index is 1.65. The number of hydrogen-bond donors (Lipinski definition) is 0. The van der Waals surface area contributed by atoms with Crippen molar-refractivity contribution in [2.24, 2.45) is 5.41 Å². The van der Waals surface area contributed by atoms with Crippen LogP contribution in [0.2, 0.25) is 0 Å². The first-order chi connectivity index (χ1) is 16.9. The molecule has 0 aromatic heterocycles. The molecule has 0 spiro atoms. The van der Waals surface area contributed by atoms with E-state index in [2.05, 4.69) is 120 Å². The molecule has 0 amide bonds. The molecule has 0 atom stereocenters. The predicted molar refractivity (Wildman–Crippen MR) is 147 cm³/mol. The molecule has 5 rings (SSSR count). The molecule has 0 aliphatic heterocycles. The van der Waals surface area contributed by atoms with Gasteiger partial charge in [-0.1, -0.05) is 0 Å². The Hall–Kier alpha value is -2.24. The van der Waals surface area contributed by atoms with Gasteiger partial charge in [-0.05, 0) is 0 Å². The Morgan fingerprint density at radius 3 is 1.51 bits per heavy atom. The molecule has 2 aromatic rings.